The summed E-state index contributed by atoms with van der Waals surface area (Å²) in [5, 5.41) is 8.83. The van der Waals surface area contributed by atoms with Crippen LogP contribution in [0.25, 0.3) is 0 Å². The summed E-state index contributed by atoms with van der Waals surface area (Å²) in [6, 6.07) is 11.9. The third-order valence-electron chi connectivity index (χ3n) is 2.47. The van der Waals surface area contributed by atoms with E-state index in [1.807, 2.05) is 0 Å². The van der Waals surface area contributed by atoms with Crippen LogP contribution < -0.4 is 9.47 Å². The maximum atomic E-state index is 10.8. The van der Waals surface area contributed by atoms with Gasteiger partial charge >= 0.3 is 5.97 Å². The molecule has 0 bridgehead atoms. The molecule has 0 aliphatic heterocycles. The van der Waals surface area contributed by atoms with Gasteiger partial charge in [-0.25, -0.2) is 9.78 Å². The number of aromatic nitrogens is 1. The summed E-state index contributed by atoms with van der Waals surface area (Å²) in [5.74, 6) is 0.368. The van der Waals surface area contributed by atoms with Gasteiger partial charge in [0.05, 0.1) is 12.8 Å². The molecule has 2 rings (SSSR count). The minimum atomic E-state index is -1.05. The molecule has 19 heavy (non-hydrogen) atoms. The molecule has 0 fully saturated rings. The van der Waals surface area contributed by atoms with Gasteiger partial charge in [-0.2, -0.15) is 0 Å². The number of methoxy groups -OCH3 is 1. The molecule has 0 saturated heterocycles. The molecule has 0 aliphatic rings. The average Bonchev–Trinajstić information content (AvgIpc) is 2.46. The van der Waals surface area contributed by atoms with Crippen molar-refractivity contribution in [2.75, 3.05) is 7.11 Å². The third kappa shape index (κ3) is 3.45. The highest BCUT2D eigenvalue weighted by molar-refractivity contribution is 5.85. The number of hydrogen-bond donors (Lipinski definition) is 1. The van der Waals surface area contributed by atoms with Crippen molar-refractivity contribution >= 4 is 5.97 Å². The van der Waals surface area contributed by atoms with Gasteiger partial charge < -0.3 is 14.6 Å². The highest BCUT2D eigenvalue weighted by atomic mass is 16.5. The van der Waals surface area contributed by atoms with E-state index >= 15 is 0 Å². The minimum Gasteiger partial charge on any atom is -0.497 e. The Morgan fingerprint density at radius 3 is 2.47 bits per heavy atom. The van der Waals surface area contributed by atoms with Crippen molar-refractivity contribution in [3.8, 4) is 11.5 Å². The maximum Gasteiger partial charge on any atom is 0.354 e. The van der Waals surface area contributed by atoms with Crippen LogP contribution >= 0.6 is 0 Å². The van der Waals surface area contributed by atoms with E-state index in [1.54, 1.807) is 43.5 Å². The molecule has 5 nitrogen and oxygen atoms in total. The lowest BCUT2D eigenvalue weighted by atomic mass is 10.3. The van der Waals surface area contributed by atoms with Crippen molar-refractivity contribution < 1.29 is 19.4 Å². The summed E-state index contributed by atoms with van der Waals surface area (Å²) in [7, 11) is 1.59. The van der Waals surface area contributed by atoms with Gasteiger partial charge in [0.25, 0.3) is 0 Å². The van der Waals surface area contributed by atoms with Crippen molar-refractivity contribution in [1.29, 1.82) is 0 Å². The van der Waals surface area contributed by atoms with E-state index in [9.17, 15) is 4.79 Å². The first kappa shape index (κ1) is 12.9. The van der Waals surface area contributed by atoms with Crippen LogP contribution in [0, 0.1) is 0 Å². The second-order valence-electron chi connectivity index (χ2n) is 3.78. The van der Waals surface area contributed by atoms with Gasteiger partial charge in [0.1, 0.15) is 23.8 Å². The number of carboxylic acid groups (broad SMARTS) is 1. The van der Waals surface area contributed by atoms with Crippen molar-refractivity contribution in [3.63, 3.8) is 0 Å². The highest BCUT2D eigenvalue weighted by Gasteiger charge is 2.05. The topological polar surface area (TPSA) is 68.7 Å². The van der Waals surface area contributed by atoms with Crippen LogP contribution in [-0.4, -0.2) is 23.2 Å². The number of carbonyl (C=O) groups is 1. The molecule has 0 saturated carbocycles. The van der Waals surface area contributed by atoms with Crippen LogP contribution in [-0.2, 0) is 6.61 Å². The van der Waals surface area contributed by atoms with Gasteiger partial charge in [-0.3, -0.25) is 0 Å². The Bertz CT molecular complexity index is 566. The largest absolute Gasteiger partial charge is 0.497 e. The first-order valence-corrected chi connectivity index (χ1v) is 5.65. The molecular formula is C14H13NO4. The monoisotopic (exact) mass is 259 g/mol. The Balaban J connectivity index is 2.01. The number of aromatic carboxylic acids is 1. The first-order valence-electron chi connectivity index (χ1n) is 5.65. The van der Waals surface area contributed by atoms with E-state index < -0.39 is 5.97 Å². The van der Waals surface area contributed by atoms with Crippen LogP contribution in [0.2, 0.25) is 0 Å². The molecule has 0 atom stereocenters. The number of pyridine rings is 1. The number of rotatable bonds is 5. The number of carboxylic acids is 1. The average molecular weight is 259 g/mol. The lowest BCUT2D eigenvalue weighted by Gasteiger charge is -2.07. The number of ether oxygens (including phenoxy) is 2. The van der Waals surface area contributed by atoms with Gasteiger partial charge in [-0.15, -0.1) is 0 Å². The fraction of sp³-hybridized carbons (Fsp3) is 0.143. The van der Waals surface area contributed by atoms with Crippen LogP contribution in [0.15, 0.2) is 42.5 Å². The molecule has 2 aromatic rings. The Labute approximate surface area is 110 Å². The standard InChI is InChI=1S/C14H13NO4/c1-18-11-5-7-12(8-6-11)19-9-10-3-2-4-13(15-10)14(16)17/h2-8H,9H2,1H3,(H,16,17). The zero-order valence-corrected chi connectivity index (χ0v) is 10.4. The third-order valence-corrected chi connectivity index (χ3v) is 2.47. The fourth-order valence-electron chi connectivity index (χ4n) is 1.51. The molecule has 0 radical (unpaired) electrons. The highest BCUT2D eigenvalue weighted by Crippen LogP contribution is 2.17. The van der Waals surface area contributed by atoms with Gasteiger partial charge in [0.15, 0.2) is 0 Å². The molecule has 5 heteroatoms. The maximum absolute atomic E-state index is 10.8. The van der Waals surface area contributed by atoms with Crippen LogP contribution in [0.1, 0.15) is 16.2 Å². The SMILES string of the molecule is COc1ccc(OCc2cccc(C(=O)O)n2)cc1. The van der Waals surface area contributed by atoms with E-state index in [0.29, 0.717) is 11.4 Å². The Hall–Kier alpha value is -2.56. The van der Waals surface area contributed by atoms with Crippen LogP contribution in [0.5, 0.6) is 11.5 Å². The Morgan fingerprint density at radius 1 is 1.16 bits per heavy atom. The predicted octanol–water partition coefficient (Wildman–Crippen LogP) is 2.37. The number of hydrogen-bond acceptors (Lipinski definition) is 4. The molecule has 1 heterocycles. The summed E-state index contributed by atoms with van der Waals surface area (Å²) >= 11 is 0. The van der Waals surface area contributed by atoms with Gasteiger partial charge in [0.2, 0.25) is 0 Å². The van der Waals surface area contributed by atoms with E-state index in [2.05, 4.69) is 4.98 Å². The number of benzene rings is 1. The van der Waals surface area contributed by atoms with Crippen molar-refractivity contribution in [2.24, 2.45) is 0 Å². The summed E-state index contributed by atoms with van der Waals surface area (Å²) in [6.07, 6.45) is 0. The molecule has 0 unspecified atom stereocenters. The summed E-state index contributed by atoms with van der Waals surface area (Å²) in [4.78, 5) is 14.8. The van der Waals surface area contributed by atoms with E-state index in [0.717, 1.165) is 5.75 Å². The van der Waals surface area contributed by atoms with Gasteiger partial charge in [-0.05, 0) is 36.4 Å². The molecule has 1 aromatic carbocycles. The lowest BCUT2D eigenvalue weighted by Crippen LogP contribution is -2.04. The quantitative estimate of drug-likeness (QED) is 0.892. The molecule has 1 aromatic heterocycles. The lowest BCUT2D eigenvalue weighted by molar-refractivity contribution is 0.0690. The summed E-state index contributed by atoms with van der Waals surface area (Å²) < 4.78 is 10.6. The second kappa shape index (κ2) is 5.86. The van der Waals surface area contributed by atoms with Gasteiger partial charge in [-0.1, -0.05) is 6.07 Å². The van der Waals surface area contributed by atoms with E-state index in [-0.39, 0.29) is 12.3 Å². The molecule has 0 spiro atoms. The van der Waals surface area contributed by atoms with Crippen LogP contribution in [0.3, 0.4) is 0 Å². The molecule has 1 N–H and O–H groups in total. The van der Waals surface area contributed by atoms with Crippen molar-refractivity contribution in [2.45, 2.75) is 6.61 Å². The zero-order valence-electron chi connectivity index (χ0n) is 10.4. The minimum absolute atomic E-state index is 0.0100. The van der Waals surface area contributed by atoms with E-state index in [4.69, 9.17) is 14.6 Å². The van der Waals surface area contributed by atoms with Crippen molar-refractivity contribution in [1.82, 2.24) is 4.98 Å². The number of nitrogens with zero attached hydrogens (tertiary/aromatic N) is 1. The zero-order chi connectivity index (χ0) is 13.7. The van der Waals surface area contributed by atoms with Gasteiger partial charge in [0, 0.05) is 0 Å². The van der Waals surface area contributed by atoms with Crippen LogP contribution in [0.4, 0.5) is 0 Å². The summed E-state index contributed by atoms with van der Waals surface area (Å²) in [5.41, 5.74) is 0.576. The molecular weight excluding hydrogens is 246 g/mol. The summed E-state index contributed by atoms with van der Waals surface area (Å²) in [6.45, 7) is 0.216. The molecule has 0 amide bonds. The predicted molar refractivity (Wildman–Crippen MR) is 68.5 cm³/mol. The molecule has 0 aliphatic carbocycles. The fourth-order valence-corrected chi connectivity index (χ4v) is 1.51. The van der Waals surface area contributed by atoms with E-state index in [1.165, 1.54) is 6.07 Å². The van der Waals surface area contributed by atoms with Crippen molar-refractivity contribution in [3.05, 3.63) is 53.9 Å². The normalized spacial score (nSPS) is 9.95. The molecule has 98 valence electrons. The Kier molecular flexibility index (Phi) is 3.97. The smallest absolute Gasteiger partial charge is 0.354 e. The first-order chi connectivity index (χ1) is 9.19. The Morgan fingerprint density at radius 2 is 1.84 bits per heavy atom. The second-order valence-corrected chi connectivity index (χ2v) is 3.78.